The molecule has 0 amide bonds. The molecule has 0 bridgehead atoms. The summed E-state index contributed by atoms with van der Waals surface area (Å²) in [6, 6.07) is 10.9. The van der Waals surface area contributed by atoms with Crippen LogP contribution in [0, 0.1) is 6.07 Å². The van der Waals surface area contributed by atoms with Crippen molar-refractivity contribution in [2.24, 2.45) is 0 Å². The summed E-state index contributed by atoms with van der Waals surface area (Å²) in [6.07, 6.45) is 0.991. The van der Waals surface area contributed by atoms with Crippen molar-refractivity contribution in [3.05, 3.63) is 35.9 Å². The highest BCUT2D eigenvalue weighted by Crippen LogP contribution is 1.97. The molecule has 0 saturated carbocycles. The van der Waals surface area contributed by atoms with Crippen molar-refractivity contribution >= 4 is 0 Å². The zero-order chi connectivity index (χ0) is 7.23. The Morgan fingerprint density at radius 1 is 1.40 bits per heavy atom. The van der Waals surface area contributed by atoms with E-state index in [1.807, 2.05) is 12.1 Å². The van der Waals surface area contributed by atoms with Gasteiger partial charge in [-0.2, -0.15) is 0 Å². The van der Waals surface area contributed by atoms with Gasteiger partial charge in [0.1, 0.15) is 0 Å². The van der Waals surface area contributed by atoms with Crippen molar-refractivity contribution in [1.82, 2.24) is 0 Å². The molecule has 0 heterocycles. The molecule has 0 N–H and O–H groups in total. The molecule has 53 valence electrons. The van der Waals surface area contributed by atoms with Gasteiger partial charge in [0.15, 0.2) is 0 Å². The maximum Gasteiger partial charge on any atom is 0.0502 e. The third-order valence-corrected chi connectivity index (χ3v) is 1.38. The maximum absolute atomic E-state index is 4.94. The number of ether oxygens (including phenoxy) is 1. The number of benzene rings is 1. The van der Waals surface area contributed by atoms with Crippen LogP contribution in [0.4, 0.5) is 0 Å². The van der Waals surface area contributed by atoms with Crippen LogP contribution in [-0.2, 0) is 11.2 Å². The van der Waals surface area contributed by atoms with E-state index in [0.717, 1.165) is 13.0 Å². The Morgan fingerprint density at radius 3 is 2.70 bits per heavy atom. The zero-order valence-electron chi connectivity index (χ0n) is 6.13. The molecule has 0 atom stereocenters. The lowest BCUT2D eigenvalue weighted by Gasteiger charge is -1.97. The van der Waals surface area contributed by atoms with Gasteiger partial charge in [-0.1, -0.05) is 24.3 Å². The molecular weight excluding hydrogens is 124 g/mol. The molecule has 0 saturated heterocycles. The second kappa shape index (κ2) is 4.07. The summed E-state index contributed by atoms with van der Waals surface area (Å²) < 4.78 is 4.94. The van der Waals surface area contributed by atoms with Crippen LogP contribution in [0.2, 0.25) is 0 Å². The third kappa shape index (κ3) is 2.19. The first-order valence-corrected chi connectivity index (χ1v) is 3.37. The van der Waals surface area contributed by atoms with E-state index in [-0.39, 0.29) is 0 Å². The molecule has 0 aliphatic carbocycles. The first-order chi connectivity index (χ1) is 4.93. The van der Waals surface area contributed by atoms with Crippen LogP contribution in [0.25, 0.3) is 0 Å². The number of rotatable bonds is 3. The minimum absolute atomic E-state index is 0.796. The average Bonchev–Trinajstić information content (AvgIpc) is 2.03. The van der Waals surface area contributed by atoms with Crippen LogP contribution < -0.4 is 0 Å². The summed E-state index contributed by atoms with van der Waals surface area (Å²) in [5.74, 6) is 0. The number of hydrogen-bond acceptors (Lipinski definition) is 1. The van der Waals surface area contributed by atoms with Crippen LogP contribution in [-0.4, -0.2) is 13.7 Å². The average molecular weight is 135 g/mol. The molecule has 0 aliphatic heterocycles. The Balaban J connectivity index is 2.43. The molecule has 1 nitrogen and oxygen atoms in total. The van der Waals surface area contributed by atoms with Gasteiger partial charge >= 0.3 is 0 Å². The van der Waals surface area contributed by atoms with Gasteiger partial charge in [-0.05, 0) is 18.1 Å². The van der Waals surface area contributed by atoms with Crippen LogP contribution in [0.15, 0.2) is 24.3 Å². The highest BCUT2D eigenvalue weighted by molar-refractivity contribution is 5.13. The van der Waals surface area contributed by atoms with E-state index in [2.05, 4.69) is 18.2 Å². The highest BCUT2D eigenvalue weighted by Gasteiger charge is 1.87. The Morgan fingerprint density at radius 2 is 2.10 bits per heavy atom. The molecule has 1 aromatic carbocycles. The minimum Gasteiger partial charge on any atom is -0.384 e. The molecule has 1 radical (unpaired) electrons. The summed E-state index contributed by atoms with van der Waals surface area (Å²) in [7, 11) is 1.72. The first kappa shape index (κ1) is 7.29. The van der Waals surface area contributed by atoms with Crippen LogP contribution in [0.5, 0.6) is 0 Å². The molecule has 0 fully saturated rings. The van der Waals surface area contributed by atoms with Crippen molar-refractivity contribution in [2.45, 2.75) is 6.42 Å². The quantitative estimate of drug-likeness (QED) is 0.612. The van der Waals surface area contributed by atoms with Gasteiger partial charge in [0.05, 0.1) is 6.61 Å². The summed E-state index contributed by atoms with van der Waals surface area (Å²) >= 11 is 0. The predicted molar refractivity (Wildman–Crippen MR) is 40.9 cm³/mol. The Kier molecular flexibility index (Phi) is 2.97. The monoisotopic (exact) mass is 135 g/mol. The fraction of sp³-hybridized carbons (Fsp3) is 0.333. The van der Waals surface area contributed by atoms with E-state index < -0.39 is 0 Å². The lowest BCUT2D eigenvalue weighted by molar-refractivity contribution is 0.202. The van der Waals surface area contributed by atoms with E-state index in [1.165, 1.54) is 5.56 Å². The van der Waals surface area contributed by atoms with E-state index in [9.17, 15) is 0 Å². The fourth-order valence-corrected chi connectivity index (χ4v) is 0.808. The highest BCUT2D eigenvalue weighted by atomic mass is 16.5. The third-order valence-electron chi connectivity index (χ3n) is 1.38. The van der Waals surface area contributed by atoms with Gasteiger partial charge in [-0.3, -0.25) is 0 Å². The SMILES string of the molecule is COCCc1cc[c]cc1. The standard InChI is InChI=1S/C9H11O/c1-10-8-7-9-5-3-2-4-6-9/h3-6H,7-8H2,1H3. The molecule has 1 aromatic rings. The summed E-state index contributed by atoms with van der Waals surface area (Å²) in [5, 5.41) is 0. The first-order valence-electron chi connectivity index (χ1n) is 3.37. The Labute approximate surface area is 61.6 Å². The molecule has 10 heavy (non-hydrogen) atoms. The van der Waals surface area contributed by atoms with Crippen molar-refractivity contribution < 1.29 is 4.74 Å². The van der Waals surface area contributed by atoms with Crippen molar-refractivity contribution in [1.29, 1.82) is 0 Å². The molecule has 0 spiro atoms. The van der Waals surface area contributed by atoms with Gasteiger partial charge in [0.25, 0.3) is 0 Å². The number of methoxy groups -OCH3 is 1. The van der Waals surface area contributed by atoms with Crippen LogP contribution in [0.3, 0.4) is 0 Å². The summed E-state index contributed by atoms with van der Waals surface area (Å²) in [6.45, 7) is 0.796. The van der Waals surface area contributed by atoms with Crippen molar-refractivity contribution in [3.8, 4) is 0 Å². The van der Waals surface area contributed by atoms with E-state index in [1.54, 1.807) is 7.11 Å². The fourth-order valence-electron chi connectivity index (χ4n) is 0.808. The predicted octanol–water partition coefficient (Wildman–Crippen LogP) is 1.68. The van der Waals surface area contributed by atoms with Crippen LogP contribution >= 0.6 is 0 Å². The van der Waals surface area contributed by atoms with Crippen LogP contribution in [0.1, 0.15) is 5.56 Å². The molecule has 0 aromatic heterocycles. The van der Waals surface area contributed by atoms with E-state index in [4.69, 9.17) is 4.74 Å². The van der Waals surface area contributed by atoms with Gasteiger partial charge in [-0.25, -0.2) is 0 Å². The second-order valence-corrected chi connectivity index (χ2v) is 2.15. The maximum atomic E-state index is 4.94. The van der Waals surface area contributed by atoms with Gasteiger partial charge in [-0.15, -0.1) is 0 Å². The van der Waals surface area contributed by atoms with Gasteiger partial charge in [0.2, 0.25) is 0 Å². The number of hydrogen-bond donors (Lipinski definition) is 0. The van der Waals surface area contributed by atoms with E-state index >= 15 is 0 Å². The smallest absolute Gasteiger partial charge is 0.0502 e. The summed E-state index contributed by atoms with van der Waals surface area (Å²) in [4.78, 5) is 0. The van der Waals surface area contributed by atoms with Gasteiger partial charge in [0, 0.05) is 7.11 Å². The van der Waals surface area contributed by atoms with Crippen molar-refractivity contribution in [2.75, 3.05) is 13.7 Å². The Bertz CT molecular complexity index is 169. The zero-order valence-corrected chi connectivity index (χ0v) is 6.13. The Hall–Kier alpha value is -0.820. The lowest BCUT2D eigenvalue weighted by atomic mass is 10.2. The topological polar surface area (TPSA) is 9.23 Å². The van der Waals surface area contributed by atoms with E-state index in [0.29, 0.717) is 0 Å². The second-order valence-electron chi connectivity index (χ2n) is 2.15. The molecule has 0 unspecified atom stereocenters. The molecular formula is C9H11O. The largest absolute Gasteiger partial charge is 0.384 e. The normalized spacial score (nSPS) is 9.70. The summed E-state index contributed by atoms with van der Waals surface area (Å²) in [5.41, 5.74) is 1.31. The molecule has 1 rings (SSSR count). The molecule has 1 heteroatoms. The molecule has 0 aliphatic rings. The lowest BCUT2D eigenvalue weighted by Crippen LogP contribution is -1.92. The van der Waals surface area contributed by atoms with Crippen molar-refractivity contribution in [3.63, 3.8) is 0 Å². The minimum atomic E-state index is 0.796. The van der Waals surface area contributed by atoms with Gasteiger partial charge < -0.3 is 4.74 Å².